The summed E-state index contributed by atoms with van der Waals surface area (Å²) in [5, 5.41) is 17.0. The number of likely N-dealkylation sites (tertiary alicyclic amines) is 1. The first-order valence-electron chi connectivity index (χ1n) is 8.82. The van der Waals surface area contributed by atoms with E-state index in [0.717, 1.165) is 44.8 Å². The van der Waals surface area contributed by atoms with Crippen molar-refractivity contribution in [1.29, 1.82) is 5.26 Å². The van der Waals surface area contributed by atoms with Crippen molar-refractivity contribution in [2.24, 2.45) is 0 Å². The highest BCUT2D eigenvalue weighted by atomic mass is 19.1. The fourth-order valence-electron chi connectivity index (χ4n) is 2.97. The van der Waals surface area contributed by atoms with Crippen LogP contribution in [0, 0.1) is 17.1 Å². The number of piperidine rings is 1. The van der Waals surface area contributed by atoms with E-state index >= 15 is 0 Å². The highest BCUT2D eigenvalue weighted by Crippen LogP contribution is 2.19. The first-order valence-corrected chi connectivity index (χ1v) is 8.82. The largest absolute Gasteiger partial charge is 0.352 e. The van der Waals surface area contributed by atoms with E-state index in [0.29, 0.717) is 12.6 Å². The summed E-state index contributed by atoms with van der Waals surface area (Å²) in [6.45, 7) is 1.86. The Morgan fingerprint density at radius 1 is 1.15 bits per heavy atom. The van der Waals surface area contributed by atoms with Gasteiger partial charge in [-0.3, -0.25) is 9.69 Å². The molecule has 2 fully saturated rings. The molecule has 0 atom stereocenters. The van der Waals surface area contributed by atoms with Crippen LogP contribution < -0.4 is 16.0 Å². The molecule has 7 nitrogen and oxygen atoms in total. The zero-order valence-electron chi connectivity index (χ0n) is 14.4. The molecule has 0 unspecified atom stereocenters. The Hall–Kier alpha value is -2.66. The van der Waals surface area contributed by atoms with Gasteiger partial charge >= 0.3 is 6.03 Å². The number of nitriles is 1. The molecular formula is C18H22FN5O2. The standard InChI is InChI=1S/C18H22FN5O2/c19-15-9-12(10-20)1-4-16(15)23-18(26)22-14-5-7-24(8-6-14)11-17(25)21-13-2-3-13/h1,4,9,13-14H,2-3,5-8,11H2,(H,21,25)(H2,22,23,26). The molecule has 0 bridgehead atoms. The van der Waals surface area contributed by atoms with Gasteiger partial charge in [0, 0.05) is 25.2 Å². The lowest BCUT2D eigenvalue weighted by atomic mass is 10.1. The normalized spacial score (nSPS) is 18.0. The highest BCUT2D eigenvalue weighted by Gasteiger charge is 2.26. The molecule has 1 aromatic carbocycles. The minimum atomic E-state index is -0.643. The molecule has 0 spiro atoms. The van der Waals surface area contributed by atoms with Gasteiger partial charge in [-0.25, -0.2) is 9.18 Å². The fraction of sp³-hybridized carbons (Fsp3) is 0.500. The van der Waals surface area contributed by atoms with Crippen LogP contribution in [0.4, 0.5) is 14.9 Å². The summed E-state index contributed by atoms with van der Waals surface area (Å²) in [5.41, 5.74) is 0.238. The number of urea groups is 1. The van der Waals surface area contributed by atoms with Gasteiger partial charge in [-0.1, -0.05) is 0 Å². The molecule has 3 rings (SSSR count). The molecule has 138 valence electrons. The number of hydrogen-bond donors (Lipinski definition) is 3. The molecule has 1 saturated heterocycles. The lowest BCUT2D eigenvalue weighted by molar-refractivity contribution is -0.122. The lowest BCUT2D eigenvalue weighted by Crippen LogP contribution is -2.48. The van der Waals surface area contributed by atoms with E-state index in [1.165, 1.54) is 12.1 Å². The molecule has 1 saturated carbocycles. The van der Waals surface area contributed by atoms with Crippen LogP contribution in [0.3, 0.4) is 0 Å². The third-order valence-corrected chi connectivity index (χ3v) is 4.58. The van der Waals surface area contributed by atoms with Gasteiger partial charge in [-0.05, 0) is 43.9 Å². The molecular weight excluding hydrogens is 337 g/mol. The predicted octanol–water partition coefficient (Wildman–Crippen LogP) is 1.56. The Morgan fingerprint density at radius 3 is 2.46 bits per heavy atom. The van der Waals surface area contributed by atoms with Crippen molar-refractivity contribution < 1.29 is 14.0 Å². The molecule has 1 aliphatic carbocycles. The lowest BCUT2D eigenvalue weighted by Gasteiger charge is -2.31. The van der Waals surface area contributed by atoms with Crippen molar-refractivity contribution >= 4 is 17.6 Å². The average Bonchev–Trinajstić information content (AvgIpc) is 3.42. The number of amides is 3. The number of anilines is 1. The summed E-state index contributed by atoms with van der Waals surface area (Å²) in [7, 11) is 0. The van der Waals surface area contributed by atoms with Crippen molar-refractivity contribution in [3.8, 4) is 6.07 Å². The van der Waals surface area contributed by atoms with Crippen molar-refractivity contribution in [2.75, 3.05) is 25.0 Å². The monoisotopic (exact) mass is 359 g/mol. The summed E-state index contributed by atoms with van der Waals surface area (Å²) < 4.78 is 13.8. The second-order valence-corrected chi connectivity index (χ2v) is 6.80. The van der Waals surface area contributed by atoms with Crippen LogP contribution in [0.15, 0.2) is 18.2 Å². The minimum absolute atomic E-state index is 0.0146. The minimum Gasteiger partial charge on any atom is -0.352 e. The maximum atomic E-state index is 13.8. The second kappa shape index (κ2) is 8.15. The van der Waals surface area contributed by atoms with E-state index in [1.807, 2.05) is 6.07 Å². The topological polar surface area (TPSA) is 97.3 Å². The third kappa shape index (κ3) is 5.17. The van der Waals surface area contributed by atoms with Gasteiger partial charge in [0.2, 0.25) is 5.91 Å². The van der Waals surface area contributed by atoms with Gasteiger partial charge in [-0.15, -0.1) is 0 Å². The van der Waals surface area contributed by atoms with Crippen molar-refractivity contribution in [1.82, 2.24) is 15.5 Å². The van der Waals surface area contributed by atoms with Crippen LogP contribution in [0.1, 0.15) is 31.2 Å². The Kier molecular flexibility index (Phi) is 5.68. The van der Waals surface area contributed by atoms with Crippen LogP contribution in [0.2, 0.25) is 0 Å². The van der Waals surface area contributed by atoms with Crippen molar-refractivity contribution in [3.05, 3.63) is 29.6 Å². The van der Waals surface area contributed by atoms with Crippen LogP contribution in [0.25, 0.3) is 0 Å². The van der Waals surface area contributed by atoms with E-state index in [1.54, 1.807) is 0 Å². The van der Waals surface area contributed by atoms with Crippen LogP contribution >= 0.6 is 0 Å². The number of carbonyl (C=O) groups excluding carboxylic acids is 2. The Labute approximate surface area is 151 Å². The first kappa shape index (κ1) is 18.1. The summed E-state index contributed by atoms with van der Waals surface area (Å²) in [4.78, 5) is 25.9. The van der Waals surface area contributed by atoms with Crippen LogP contribution in [-0.4, -0.2) is 48.6 Å². The van der Waals surface area contributed by atoms with E-state index in [4.69, 9.17) is 5.26 Å². The number of hydrogen-bond acceptors (Lipinski definition) is 4. The number of rotatable bonds is 5. The SMILES string of the molecule is N#Cc1ccc(NC(=O)NC2CCN(CC(=O)NC3CC3)CC2)c(F)c1. The number of nitrogens with one attached hydrogen (secondary N) is 3. The summed E-state index contributed by atoms with van der Waals surface area (Å²) in [5.74, 6) is -0.580. The predicted molar refractivity (Wildman–Crippen MR) is 93.9 cm³/mol. The quantitative estimate of drug-likeness (QED) is 0.743. The van der Waals surface area contributed by atoms with Gasteiger partial charge in [0.1, 0.15) is 5.82 Å². The van der Waals surface area contributed by atoms with Crippen molar-refractivity contribution in [2.45, 2.75) is 37.8 Å². The van der Waals surface area contributed by atoms with E-state index in [-0.39, 0.29) is 23.2 Å². The van der Waals surface area contributed by atoms with Crippen LogP contribution in [-0.2, 0) is 4.79 Å². The Balaban J connectivity index is 1.40. The summed E-state index contributed by atoms with van der Waals surface area (Å²) in [6.07, 6.45) is 3.62. The number of halogens is 1. The molecule has 1 aromatic rings. The Morgan fingerprint density at radius 2 is 1.85 bits per heavy atom. The molecule has 8 heteroatoms. The Bertz CT molecular complexity index is 721. The average molecular weight is 359 g/mol. The maximum absolute atomic E-state index is 13.8. The van der Waals surface area contributed by atoms with Gasteiger partial charge in [-0.2, -0.15) is 5.26 Å². The summed E-state index contributed by atoms with van der Waals surface area (Å²) in [6, 6.07) is 5.63. The summed E-state index contributed by atoms with van der Waals surface area (Å²) >= 11 is 0. The van der Waals surface area contributed by atoms with Gasteiger partial charge in [0.05, 0.1) is 23.9 Å². The fourth-order valence-corrected chi connectivity index (χ4v) is 2.97. The first-order chi connectivity index (χ1) is 12.5. The molecule has 2 aliphatic rings. The van der Waals surface area contributed by atoms with Crippen LogP contribution in [0.5, 0.6) is 0 Å². The molecule has 3 N–H and O–H groups in total. The maximum Gasteiger partial charge on any atom is 0.319 e. The van der Waals surface area contributed by atoms with E-state index in [2.05, 4.69) is 20.9 Å². The van der Waals surface area contributed by atoms with Gasteiger partial charge < -0.3 is 16.0 Å². The molecule has 0 aromatic heterocycles. The molecule has 1 heterocycles. The smallest absolute Gasteiger partial charge is 0.319 e. The zero-order chi connectivity index (χ0) is 18.5. The molecule has 0 radical (unpaired) electrons. The second-order valence-electron chi connectivity index (χ2n) is 6.80. The van der Waals surface area contributed by atoms with E-state index in [9.17, 15) is 14.0 Å². The van der Waals surface area contributed by atoms with Gasteiger partial charge in [0.15, 0.2) is 0 Å². The zero-order valence-corrected chi connectivity index (χ0v) is 14.4. The van der Waals surface area contributed by atoms with Crippen molar-refractivity contribution in [3.63, 3.8) is 0 Å². The van der Waals surface area contributed by atoms with Gasteiger partial charge in [0.25, 0.3) is 0 Å². The number of nitrogens with zero attached hydrogens (tertiary/aromatic N) is 2. The molecule has 26 heavy (non-hydrogen) atoms. The number of benzene rings is 1. The third-order valence-electron chi connectivity index (χ3n) is 4.58. The van der Waals surface area contributed by atoms with E-state index < -0.39 is 11.8 Å². The highest BCUT2D eigenvalue weighted by molar-refractivity contribution is 5.89. The number of carbonyl (C=O) groups is 2. The molecule has 1 aliphatic heterocycles. The molecule has 3 amide bonds.